The molecule has 1 aromatic heterocycles. The van der Waals surface area contributed by atoms with Crippen LogP contribution in [0.1, 0.15) is 40.4 Å². The molecule has 144 valence electrons. The minimum Gasteiger partial charge on any atom is -0.344 e. The van der Waals surface area contributed by atoms with E-state index in [1.54, 1.807) is 6.20 Å². The number of rotatable bonds is 7. The van der Waals surface area contributed by atoms with Gasteiger partial charge in [-0.15, -0.1) is 0 Å². The first-order valence-corrected chi connectivity index (χ1v) is 9.92. The van der Waals surface area contributed by atoms with Crippen molar-refractivity contribution in [2.24, 2.45) is 0 Å². The summed E-state index contributed by atoms with van der Waals surface area (Å²) in [6, 6.07) is 19.9. The SMILES string of the molecule is O=C(N[C@H](CN1CCCC1)c1ccccc1)c1cccc(Cn2cccn2)c1. The Bertz CT molecular complexity index is 886. The number of benzene rings is 2. The summed E-state index contributed by atoms with van der Waals surface area (Å²) in [7, 11) is 0. The highest BCUT2D eigenvalue weighted by molar-refractivity contribution is 5.94. The minimum absolute atomic E-state index is 0.0124. The van der Waals surface area contributed by atoms with E-state index >= 15 is 0 Å². The smallest absolute Gasteiger partial charge is 0.251 e. The first-order chi connectivity index (χ1) is 13.8. The number of carbonyl (C=O) groups excluding carboxylic acids is 1. The number of aromatic nitrogens is 2. The van der Waals surface area contributed by atoms with Gasteiger partial charge in [0.25, 0.3) is 5.91 Å². The highest BCUT2D eigenvalue weighted by Gasteiger charge is 2.21. The highest BCUT2D eigenvalue weighted by atomic mass is 16.1. The molecule has 1 aliphatic heterocycles. The van der Waals surface area contributed by atoms with Crippen LogP contribution in [0.25, 0.3) is 0 Å². The van der Waals surface area contributed by atoms with Crippen LogP contribution in [0.2, 0.25) is 0 Å². The summed E-state index contributed by atoms with van der Waals surface area (Å²) in [5.41, 5.74) is 2.90. The van der Waals surface area contributed by atoms with E-state index in [9.17, 15) is 4.79 Å². The van der Waals surface area contributed by atoms with Gasteiger partial charge in [0.05, 0.1) is 12.6 Å². The topological polar surface area (TPSA) is 50.2 Å². The Morgan fingerprint density at radius 1 is 1.04 bits per heavy atom. The van der Waals surface area contributed by atoms with Crippen LogP contribution in [0.4, 0.5) is 0 Å². The Labute approximate surface area is 166 Å². The lowest BCUT2D eigenvalue weighted by Gasteiger charge is -2.25. The average molecular weight is 374 g/mol. The molecule has 2 heterocycles. The molecule has 0 bridgehead atoms. The zero-order valence-electron chi connectivity index (χ0n) is 16.0. The Morgan fingerprint density at radius 2 is 1.86 bits per heavy atom. The zero-order chi connectivity index (χ0) is 19.2. The molecular formula is C23H26N4O. The van der Waals surface area contributed by atoms with E-state index < -0.39 is 0 Å². The van der Waals surface area contributed by atoms with Crippen molar-refractivity contribution in [2.75, 3.05) is 19.6 Å². The second kappa shape index (κ2) is 8.85. The lowest BCUT2D eigenvalue weighted by atomic mass is 10.0. The average Bonchev–Trinajstić information content (AvgIpc) is 3.43. The molecule has 1 aliphatic rings. The van der Waals surface area contributed by atoms with Crippen molar-refractivity contribution in [1.82, 2.24) is 20.0 Å². The first-order valence-electron chi connectivity index (χ1n) is 9.92. The normalized spacial score (nSPS) is 15.4. The van der Waals surface area contributed by atoms with Gasteiger partial charge in [-0.1, -0.05) is 42.5 Å². The molecule has 3 aromatic rings. The second-order valence-corrected chi connectivity index (χ2v) is 7.35. The molecule has 1 fully saturated rings. The van der Waals surface area contributed by atoms with E-state index in [-0.39, 0.29) is 11.9 Å². The van der Waals surface area contributed by atoms with Crippen LogP contribution in [0.5, 0.6) is 0 Å². The summed E-state index contributed by atoms with van der Waals surface area (Å²) in [5.74, 6) is -0.0321. The number of nitrogens with zero attached hydrogens (tertiary/aromatic N) is 3. The third kappa shape index (κ3) is 4.67. The second-order valence-electron chi connectivity index (χ2n) is 7.35. The van der Waals surface area contributed by atoms with Gasteiger partial charge in [-0.2, -0.15) is 5.10 Å². The van der Waals surface area contributed by atoms with E-state index in [1.165, 1.54) is 12.8 Å². The number of likely N-dealkylation sites (tertiary alicyclic amines) is 1. The maximum Gasteiger partial charge on any atom is 0.251 e. The Hall–Kier alpha value is -2.92. The number of nitrogens with one attached hydrogen (secondary N) is 1. The third-order valence-electron chi connectivity index (χ3n) is 5.24. The minimum atomic E-state index is -0.0321. The van der Waals surface area contributed by atoms with E-state index in [0.717, 1.165) is 30.8 Å². The van der Waals surface area contributed by atoms with Crippen molar-refractivity contribution in [3.8, 4) is 0 Å². The standard InChI is InChI=1S/C23H26N4O/c28-23(21-11-6-8-19(16-21)17-27-15-7-12-24-27)25-22(18-26-13-4-5-14-26)20-9-2-1-3-10-20/h1-3,6-12,15-16,22H,4-5,13-14,17-18H2,(H,25,28)/t22-/m1/s1. The Balaban J connectivity index is 1.49. The van der Waals surface area contributed by atoms with Gasteiger partial charge in [0.15, 0.2) is 0 Å². The maximum atomic E-state index is 13.0. The third-order valence-corrected chi connectivity index (χ3v) is 5.24. The van der Waals surface area contributed by atoms with E-state index in [2.05, 4.69) is 27.4 Å². The van der Waals surface area contributed by atoms with E-state index in [4.69, 9.17) is 0 Å². The molecule has 5 nitrogen and oxygen atoms in total. The van der Waals surface area contributed by atoms with Gasteiger partial charge in [-0.05, 0) is 55.3 Å². The lowest BCUT2D eigenvalue weighted by Crippen LogP contribution is -2.37. The van der Waals surface area contributed by atoms with Crippen molar-refractivity contribution in [1.29, 1.82) is 0 Å². The summed E-state index contributed by atoms with van der Waals surface area (Å²) < 4.78 is 1.86. The monoisotopic (exact) mass is 374 g/mol. The zero-order valence-corrected chi connectivity index (χ0v) is 16.0. The predicted octanol–water partition coefficient (Wildman–Crippen LogP) is 3.50. The van der Waals surface area contributed by atoms with Crippen LogP contribution in [0.3, 0.4) is 0 Å². The summed E-state index contributed by atoms with van der Waals surface area (Å²) in [6.07, 6.45) is 6.17. The van der Waals surface area contributed by atoms with E-state index in [1.807, 2.05) is 59.4 Å². The summed E-state index contributed by atoms with van der Waals surface area (Å²) in [6.45, 7) is 3.73. The Morgan fingerprint density at radius 3 is 2.61 bits per heavy atom. The van der Waals surface area contributed by atoms with Gasteiger partial charge in [-0.3, -0.25) is 9.48 Å². The van der Waals surface area contributed by atoms with Gasteiger partial charge in [0.2, 0.25) is 0 Å². The van der Waals surface area contributed by atoms with Crippen LogP contribution in [0, 0.1) is 0 Å². The van der Waals surface area contributed by atoms with Crippen molar-refractivity contribution >= 4 is 5.91 Å². The molecule has 0 unspecified atom stereocenters. The molecule has 2 aromatic carbocycles. The molecule has 0 saturated carbocycles. The molecular weight excluding hydrogens is 348 g/mol. The number of amides is 1. The number of hydrogen-bond acceptors (Lipinski definition) is 3. The first kappa shape index (κ1) is 18.4. The van der Waals surface area contributed by atoms with Crippen LogP contribution >= 0.6 is 0 Å². The Kier molecular flexibility index (Phi) is 5.83. The summed E-state index contributed by atoms with van der Waals surface area (Å²) in [5, 5.41) is 7.50. The molecule has 1 atom stereocenters. The van der Waals surface area contributed by atoms with Gasteiger partial charge in [-0.25, -0.2) is 0 Å². The van der Waals surface area contributed by atoms with Crippen LogP contribution in [-0.2, 0) is 6.54 Å². The summed E-state index contributed by atoms with van der Waals surface area (Å²) in [4.78, 5) is 15.4. The predicted molar refractivity (Wildman–Crippen MR) is 110 cm³/mol. The van der Waals surface area contributed by atoms with Gasteiger partial charge >= 0.3 is 0 Å². The molecule has 28 heavy (non-hydrogen) atoms. The van der Waals surface area contributed by atoms with Crippen molar-refractivity contribution in [3.05, 3.63) is 89.7 Å². The molecule has 0 aliphatic carbocycles. The molecule has 0 radical (unpaired) electrons. The largest absolute Gasteiger partial charge is 0.344 e. The fraction of sp³-hybridized carbons (Fsp3) is 0.304. The van der Waals surface area contributed by atoms with Gasteiger partial charge in [0, 0.05) is 24.5 Å². The quantitative estimate of drug-likeness (QED) is 0.689. The molecule has 1 amide bonds. The van der Waals surface area contributed by atoms with Crippen molar-refractivity contribution in [3.63, 3.8) is 0 Å². The van der Waals surface area contributed by atoms with E-state index in [0.29, 0.717) is 12.1 Å². The fourth-order valence-corrected chi connectivity index (χ4v) is 3.78. The lowest BCUT2D eigenvalue weighted by molar-refractivity contribution is 0.0927. The molecule has 5 heteroatoms. The molecule has 1 N–H and O–H groups in total. The molecule has 0 spiro atoms. The highest BCUT2D eigenvalue weighted by Crippen LogP contribution is 2.19. The molecule has 1 saturated heterocycles. The fourth-order valence-electron chi connectivity index (χ4n) is 3.78. The molecule has 4 rings (SSSR count). The summed E-state index contributed by atoms with van der Waals surface area (Å²) >= 11 is 0. The number of carbonyl (C=O) groups is 1. The maximum absolute atomic E-state index is 13.0. The number of hydrogen-bond donors (Lipinski definition) is 1. The van der Waals surface area contributed by atoms with Crippen LogP contribution in [-0.4, -0.2) is 40.2 Å². The van der Waals surface area contributed by atoms with Crippen LogP contribution in [0.15, 0.2) is 73.1 Å². The van der Waals surface area contributed by atoms with Crippen LogP contribution < -0.4 is 5.32 Å². The van der Waals surface area contributed by atoms with Gasteiger partial charge in [0.1, 0.15) is 0 Å². The van der Waals surface area contributed by atoms with Crippen molar-refractivity contribution in [2.45, 2.75) is 25.4 Å². The van der Waals surface area contributed by atoms with Gasteiger partial charge < -0.3 is 10.2 Å². The van der Waals surface area contributed by atoms with Crippen molar-refractivity contribution < 1.29 is 4.79 Å².